The van der Waals surface area contributed by atoms with Crippen molar-refractivity contribution >= 4 is 23.3 Å². The largest absolute Gasteiger partial charge is 0.460 e. The number of H-pyrrole nitrogens is 1. The standard InChI is InChI=1S/C19H18ClN3O3/c1-10(2)23-18-17(19(25)22-23)13(9-16(24)21-18)15-7-6-14(26-15)11-4-3-5-12(20)8-11/h3-8,10,13H,9H2,1-2H3,(H,21,24)(H,22,25)/t13-/m1/s1. The summed E-state index contributed by atoms with van der Waals surface area (Å²) >= 11 is 6.05. The van der Waals surface area contributed by atoms with Gasteiger partial charge in [-0.2, -0.15) is 0 Å². The maximum absolute atomic E-state index is 12.5. The van der Waals surface area contributed by atoms with E-state index >= 15 is 0 Å². The average molecular weight is 372 g/mol. The van der Waals surface area contributed by atoms with Crippen LogP contribution in [0.1, 0.15) is 43.6 Å². The Labute approximate surface area is 154 Å². The molecule has 0 saturated carbocycles. The molecule has 1 amide bonds. The maximum atomic E-state index is 12.5. The number of aromatic nitrogens is 2. The minimum Gasteiger partial charge on any atom is -0.460 e. The van der Waals surface area contributed by atoms with E-state index in [2.05, 4.69) is 10.4 Å². The molecule has 0 aliphatic carbocycles. The number of anilines is 1. The maximum Gasteiger partial charge on any atom is 0.270 e. The summed E-state index contributed by atoms with van der Waals surface area (Å²) in [6, 6.07) is 11.0. The number of hydrogen-bond donors (Lipinski definition) is 2. The Morgan fingerprint density at radius 2 is 2.04 bits per heavy atom. The lowest BCUT2D eigenvalue weighted by atomic mass is 9.92. The van der Waals surface area contributed by atoms with E-state index in [-0.39, 0.29) is 23.9 Å². The van der Waals surface area contributed by atoms with Gasteiger partial charge in [0, 0.05) is 23.0 Å². The number of nitrogens with one attached hydrogen (secondary N) is 2. The molecule has 0 fully saturated rings. The van der Waals surface area contributed by atoms with E-state index in [9.17, 15) is 9.59 Å². The highest BCUT2D eigenvalue weighted by Gasteiger charge is 2.34. The van der Waals surface area contributed by atoms with E-state index in [4.69, 9.17) is 16.0 Å². The Morgan fingerprint density at radius 3 is 2.77 bits per heavy atom. The second kappa shape index (κ2) is 6.21. The average Bonchev–Trinajstić information content (AvgIpc) is 3.20. The number of benzene rings is 1. The number of aromatic amines is 1. The van der Waals surface area contributed by atoms with Gasteiger partial charge < -0.3 is 9.73 Å². The van der Waals surface area contributed by atoms with Gasteiger partial charge in [-0.25, -0.2) is 0 Å². The second-order valence-corrected chi connectivity index (χ2v) is 7.12. The van der Waals surface area contributed by atoms with Crippen LogP contribution < -0.4 is 10.9 Å². The molecule has 26 heavy (non-hydrogen) atoms. The Morgan fingerprint density at radius 1 is 1.23 bits per heavy atom. The number of furan rings is 1. The Hall–Kier alpha value is -2.73. The van der Waals surface area contributed by atoms with Crippen LogP contribution in [0.5, 0.6) is 0 Å². The van der Waals surface area contributed by atoms with Crippen molar-refractivity contribution in [1.82, 2.24) is 9.78 Å². The molecular weight excluding hydrogens is 354 g/mol. The third-order valence-corrected chi connectivity index (χ3v) is 4.79. The molecule has 0 spiro atoms. The summed E-state index contributed by atoms with van der Waals surface area (Å²) in [5.41, 5.74) is 1.17. The molecule has 0 saturated heterocycles. The Bertz CT molecular complexity index is 1040. The number of carbonyl (C=O) groups is 1. The van der Waals surface area contributed by atoms with Crippen LogP contribution in [0, 0.1) is 0 Å². The lowest BCUT2D eigenvalue weighted by molar-refractivity contribution is -0.116. The number of carbonyl (C=O) groups excluding carboxylic acids is 1. The number of amides is 1. The normalized spacial score (nSPS) is 16.6. The van der Waals surface area contributed by atoms with E-state index in [1.807, 2.05) is 44.2 Å². The summed E-state index contributed by atoms with van der Waals surface area (Å²) in [5, 5.41) is 6.23. The molecule has 1 aliphatic heterocycles. The van der Waals surface area contributed by atoms with E-state index in [0.29, 0.717) is 27.9 Å². The first-order chi connectivity index (χ1) is 12.4. The molecule has 4 rings (SSSR count). The van der Waals surface area contributed by atoms with Gasteiger partial charge in [0.15, 0.2) is 0 Å². The predicted octanol–water partition coefficient (Wildman–Crippen LogP) is 4.14. The van der Waals surface area contributed by atoms with Gasteiger partial charge in [-0.05, 0) is 38.1 Å². The van der Waals surface area contributed by atoms with E-state index in [1.54, 1.807) is 10.7 Å². The van der Waals surface area contributed by atoms with E-state index in [0.717, 1.165) is 5.56 Å². The fourth-order valence-electron chi connectivity index (χ4n) is 3.35. The summed E-state index contributed by atoms with van der Waals surface area (Å²) in [6.45, 7) is 3.88. The monoisotopic (exact) mass is 371 g/mol. The lowest BCUT2D eigenvalue weighted by Gasteiger charge is -2.22. The van der Waals surface area contributed by atoms with Crippen molar-refractivity contribution < 1.29 is 9.21 Å². The summed E-state index contributed by atoms with van der Waals surface area (Å²) in [4.78, 5) is 24.7. The van der Waals surface area contributed by atoms with Crippen molar-refractivity contribution in [2.24, 2.45) is 0 Å². The topological polar surface area (TPSA) is 80.0 Å². The number of nitrogens with zero attached hydrogens (tertiary/aromatic N) is 1. The van der Waals surface area contributed by atoms with Gasteiger partial charge in [0.25, 0.3) is 5.56 Å². The molecule has 0 bridgehead atoms. The second-order valence-electron chi connectivity index (χ2n) is 6.68. The first-order valence-electron chi connectivity index (χ1n) is 8.44. The fourth-order valence-corrected chi connectivity index (χ4v) is 3.54. The minimum atomic E-state index is -0.421. The SMILES string of the molecule is CC(C)n1[nH]c(=O)c2c1NC(=O)C[C@@H]2c1ccc(-c2cccc(Cl)c2)o1. The summed E-state index contributed by atoms with van der Waals surface area (Å²) < 4.78 is 7.68. The molecule has 7 heteroatoms. The van der Waals surface area contributed by atoms with Gasteiger partial charge in [-0.1, -0.05) is 23.7 Å². The van der Waals surface area contributed by atoms with Crippen molar-refractivity contribution in [3.05, 3.63) is 63.1 Å². The molecule has 1 atom stereocenters. The Kier molecular flexibility index (Phi) is 4.00. The van der Waals surface area contributed by atoms with Gasteiger partial charge in [-0.3, -0.25) is 19.4 Å². The van der Waals surface area contributed by atoms with Crippen LogP contribution >= 0.6 is 11.6 Å². The Balaban J connectivity index is 1.79. The molecule has 0 radical (unpaired) electrons. The first-order valence-corrected chi connectivity index (χ1v) is 8.81. The summed E-state index contributed by atoms with van der Waals surface area (Å²) in [7, 11) is 0. The molecule has 0 unspecified atom stereocenters. The van der Waals surface area contributed by atoms with Gasteiger partial charge in [0.1, 0.15) is 17.3 Å². The first kappa shape index (κ1) is 16.7. The van der Waals surface area contributed by atoms with E-state index in [1.165, 1.54) is 0 Å². The van der Waals surface area contributed by atoms with Crippen molar-refractivity contribution in [2.45, 2.75) is 32.2 Å². The number of halogens is 1. The molecule has 3 aromatic rings. The molecular formula is C19H18ClN3O3. The van der Waals surface area contributed by atoms with Gasteiger partial charge in [0.2, 0.25) is 5.91 Å². The third-order valence-electron chi connectivity index (χ3n) is 4.55. The van der Waals surface area contributed by atoms with Crippen LogP contribution in [0.25, 0.3) is 11.3 Å². The van der Waals surface area contributed by atoms with Gasteiger partial charge >= 0.3 is 0 Å². The molecule has 6 nitrogen and oxygen atoms in total. The molecule has 2 aromatic heterocycles. The lowest BCUT2D eigenvalue weighted by Crippen LogP contribution is -2.27. The zero-order valence-corrected chi connectivity index (χ0v) is 15.1. The fraction of sp³-hybridized carbons (Fsp3) is 0.263. The van der Waals surface area contributed by atoms with Crippen LogP contribution in [-0.2, 0) is 4.79 Å². The van der Waals surface area contributed by atoms with Crippen molar-refractivity contribution in [3.8, 4) is 11.3 Å². The zero-order valence-electron chi connectivity index (χ0n) is 14.4. The predicted molar refractivity (Wildman–Crippen MR) is 99.7 cm³/mol. The highest BCUT2D eigenvalue weighted by Crippen LogP contribution is 2.38. The smallest absolute Gasteiger partial charge is 0.270 e. The quantitative estimate of drug-likeness (QED) is 0.725. The highest BCUT2D eigenvalue weighted by molar-refractivity contribution is 6.30. The van der Waals surface area contributed by atoms with Crippen LogP contribution in [0.4, 0.5) is 5.82 Å². The van der Waals surface area contributed by atoms with Crippen LogP contribution in [0.2, 0.25) is 5.02 Å². The van der Waals surface area contributed by atoms with Crippen LogP contribution in [-0.4, -0.2) is 15.7 Å². The van der Waals surface area contributed by atoms with Crippen molar-refractivity contribution in [1.29, 1.82) is 0 Å². The van der Waals surface area contributed by atoms with Gasteiger partial charge in [-0.15, -0.1) is 0 Å². The van der Waals surface area contributed by atoms with Crippen LogP contribution in [0.15, 0.2) is 45.6 Å². The minimum absolute atomic E-state index is 0.0177. The number of rotatable bonds is 3. The molecule has 3 heterocycles. The summed E-state index contributed by atoms with van der Waals surface area (Å²) in [5.74, 6) is 1.19. The van der Waals surface area contributed by atoms with E-state index < -0.39 is 5.92 Å². The molecule has 1 aromatic carbocycles. The van der Waals surface area contributed by atoms with Crippen molar-refractivity contribution in [2.75, 3.05) is 5.32 Å². The third kappa shape index (κ3) is 2.76. The number of fused-ring (bicyclic) bond motifs is 1. The van der Waals surface area contributed by atoms with Gasteiger partial charge in [0.05, 0.1) is 11.5 Å². The zero-order chi connectivity index (χ0) is 18.4. The molecule has 134 valence electrons. The number of hydrogen-bond acceptors (Lipinski definition) is 3. The highest BCUT2D eigenvalue weighted by atomic mass is 35.5. The van der Waals surface area contributed by atoms with Crippen LogP contribution in [0.3, 0.4) is 0 Å². The summed E-state index contributed by atoms with van der Waals surface area (Å²) in [6.07, 6.45) is 0.167. The van der Waals surface area contributed by atoms with Crippen molar-refractivity contribution in [3.63, 3.8) is 0 Å². The molecule has 2 N–H and O–H groups in total. The molecule has 1 aliphatic rings.